The Bertz CT molecular complexity index is 690. The largest absolute Gasteiger partial charge is 0.477 e. The van der Waals surface area contributed by atoms with Crippen LogP contribution in [-0.4, -0.2) is 25.6 Å². The summed E-state index contributed by atoms with van der Waals surface area (Å²) in [6.07, 6.45) is 6.92. The first-order valence-corrected chi connectivity index (χ1v) is 6.46. The van der Waals surface area contributed by atoms with Crippen LogP contribution >= 0.6 is 11.6 Å². The van der Waals surface area contributed by atoms with Gasteiger partial charge in [-0.05, 0) is 36.9 Å². The fraction of sp³-hybridized carbons (Fsp3) is 0.308. The lowest BCUT2D eigenvalue weighted by atomic mass is 10.2. The molecule has 0 spiro atoms. The van der Waals surface area contributed by atoms with E-state index in [9.17, 15) is 9.90 Å². The molecule has 0 radical (unpaired) electrons. The van der Waals surface area contributed by atoms with Gasteiger partial charge in [0.2, 0.25) is 5.28 Å². The van der Waals surface area contributed by atoms with Crippen molar-refractivity contribution >= 4 is 28.6 Å². The highest BCUT2D eigenvalue weighted by Crippen LogP contribution is 2.24. The molecule has 0 bridgehead atoms. The van der Waals surface area contributed by atoms with Gasteiger partial charge >= 0.3 is 5.97 Å². The number of hydrogen-bond donors (Lipinski definition) is 1. The second-order valence-corrected chi connectivity index (χ2v) is 4.93. The van der Waals surface area contributed by atoms with Gasteiger partial charge < -0.3 is 9.67 Å². The number of halogens is 1. The number of carbonyl (C=O) groups is 1. The minimum Gasteiger partial charge on any atom is -0.477 e. The number of nitrogens with zero attached hydrogens (tertiary/aromatic N) is 3. The second kappa shape index (κ2) is 4.66. The van der Waals surface area contributed by atoms with Crippen LogP contribution in [0.1, 0.15) is 29.8 Å². The number of aromatic nitrogens is 3. The van der Waals surface area contributed by atoms with E-state index in [1.807, 2.05) is 0 Å². The Balaban J connectivity index is 2.14. The summed E-state index contributed by atoms with van der Waals surface area (Å²) >= 11 is 5.80. The Labute approximate surface area is 114 Å². The molecular weight excluding hydrogens is 266 g/mol. The highest BCUT2D eigenvalue weighted by molar-refractivity contribution is 6.28. The third kappa shape index (κ3) is 2.21. The van der Waals surface area contributed by atoms with Crippen LogP contribution in [0.2, 0.25) is 5.28 Å². The first-order chi connectivity index (χ1) is 9.15. The smallest absolute Gasteiger partial charge is 0.352 e. The van der Waals surface area contributed by atoms with Crippen LogP contribution in [0.15, 0.2) is 23.9 Å². The van der Waals surface area contributed by atoms with E-state index in [2.05, 4.69) is 16.0 Å². The van der Waals surface area contributed by atoms with Crippen LogP contribution in [0.5, 0.6) is 0 Å². The van der Waals surface area contributed by atoms with E-state index in [0.29, 0.717) is 17.6 Å². The number of allylic oxidation sites excluding steroid dienone is 2. The summed E-state index contributed by atoms with van der Waals surface area (Å²) < 4.78 is 1.70. The van der Waals surface area contributed by atoms with E-state index in [0.717, 1.165) is 19.3 Å². The van der Waals surface area contributed by atoms with Gasteiger partial charge in [-0.1, -0.05) is 11.6 Å². The van der Waals surface area contributed by atoms with E-state index in [1.54, 1.807) is 16.8 Å². The van der Waals surface area contributed by atoms with E-state index < -0.39 is 5.97 Å². The van der Waals surface area contributed by atoms with Crippen LogP contribution in [-0.2, 0) is 6.54 Å². The van der Waals surface area contributed by atoms with Crippen molar-refractivity contribution in [2.24, 2.45) is 0 Å². The summed E-state index contributed by atoms with van der Waals surface area (Å²) in [7, 11) is 0. The summed E-state index contributed by atoms with van der Waals surface area (Å²) in [5.41, 5.74) is 2.04. The van der Waals surface area contributed by atoms with Crippen LogP contribution in [0.3, 0.4) is 0 Å². The van der Waals surface area contributed by atoms with Gasteiger partial charge in [0, 0.05) is 18.1 Å². The van der Waals surface area contributed by atoms with Gasteiger partial charge in [0.1, 0.15) is 11.3 Å². The summed E-state index contributed by atoms with van der Waals surface area (Å²) in [6.45, 7) is 0.554. The molecule has 0 amide bonds. The van der Waals surface area contributed by atoms with Gasteiger partial charge in [-0.25, -0.2) is 9.78 Å². The lowest BCUT2D eigenvalue weighted by Crippen LogP contribution is -2.10. The van der Waals surface area contributed by atoms with E-state index in [4.69, 9.17) is 11.6 Å². The third-order valence-corrected chi connectivity index (χ3v) is 3.50. The molecule has 1 aliphatic carbocycles. The highest BCUT2D eigenvalue weighted by atomic mass is 35.5. The minimum absolute atomic E-state index is 0.129. The topological polar surface area (TPSA) is 68.0 Å². The van der Waals surface area contributed by atoms with E-state index in [1.165, 1.54) is 5.57 Å². The van der Waals surface area contributed by atoms with Crippen molar-refractivity contribution < 1.29 is 9.90 Å². The van der Waals surface area contributed by atoms with E-state index >= 15 is 0 Å². The molecule has 1 aliphatic rings. The zero-order chi connectivity index (χ0) is 13.4. The van der Waals surface area contributed by atoms with Gasteiger partial charge in [-0.3, -0.25) is 0 Å². The standard InChI is InChI=1S/C13H12ClN3O2/c14-13-15-6-9-5-10(12(18)19)17(11(9)16-13)7-8-3-1-2-4-8/h3,5-6H,1-2,4,7H2,(H,18,19). The molecule has 0 saturated carbocycles. The highest BCUT2D eigenvalue weighted by Gasteiger charge is 2.18. The number of carboxylic acids is 1. The Morgan fingerprint density at radius 1 is 1.53 bits per heavy atom. The summed E-state index contributed by atoms with van der Waals surface area (Å²) in [5.74, 6) is -0.965. The number of fused-ring (bicyclic) bond motifs is 1. The van der Waals surface area contributed by atoms with E-state index in [-0.39, 0.29) is 11.0 Å². The average molecular weight is 278 g/mol. The summed E-state index contributed by atoms with van der Waals surface area (Å²) in [5, 5.41) is 10.1. The maximum Gasteiger partial charge on any atom is 0.352 e. The molecule has 0 aliphatic heterocycles. The Hall–Kier alpha value is -1.88. The molecule has 0 atom stereocenters. The Morgan fingerprint density at radius 3 is 3.05 bits per heavy atom. The van der Waals surface area contributed by atoms with Crippen molar-refractivity contribution in [1.82, 2.24) is 14.5 Å². The Morgan fingerprint density at radius 2 is 2.37 bits per heavy atom. The monoisotopic (exact) mass is 277 g/mol. The zero-order valence-corrected chi connectivity index (χ0v) is 10.9. The molecule has 0 aromatic carbocycles. The quantitative estimate of drug-likeness (QED) is 0.692. The SMILES string of the molecule is O=C(O)c1cc2cnc(Cl)nc2n1CC1=CCCC1. The lowest BCUT2D eigenvalue weighted by molar-refractivity contribution is 0.0686. The lowest BCUT2D eigenvalue weighted by Gasteiger charge is -2.08. The third-order valence-electron chi connectivity index (χ3n) is 3.32. The normalized spacial score (nSPS) is 14.9. The molecule has 2 aromatic heterocycles. The molecular formula is C13H12ClN3O2. The zero-order valence-electron chi connectivity index (χ0n) is 10.1. The number of carboxylic acid groups (broad SMARTS) is 1. The second-order valence-electron chi connectivity index (χ2n) is 4.59. The molecule has 2 aromatic rings. The molecule has 1 N–H and O–H groups in total. The van der Waals surface area contributed by atoms with Gasteiger partial charge in [0.15, 0.2) is 0 Å². The molecule has 0 fully saturated rings. The van der Waals surface area contributed by atoms with Crippen molar-refractivity contribution in [3.8, 4) is 0 Å². The Kier molecular flexibility index (Phi) is 2.98. The molecule has 98 valence electrons. The molecule has 0 saturated heterocycles. The predicted octanol–water partition coefficient (Wildman–Crippen LogP) is 2.89. The van der Waals surface area contributed by atoms with Crippen LogP contribution in [0.25, 0.3) is 11.0 Å². The van der Waals surface area contributed by atoms with Crippen molar-refractivity contribution in [1.29, 1.82) is 0 Å². The summed E-state index contributed by atoms with van der Waals surface area (Å²) in [6, 6.07) is 1.59. The fourth-order valence-corrected chi connectivity index (χ4v) is 2.57. The average Bonchev–Trinajstić information content (AvgIpc) is 2.98. The van der Waals surface area contributed by atoms with Gasteiger partial charge in [0.05, 0.1) is 0 Å². The first-order valence-electron chi connectivity index (χ1n) is 6.08. The van der Waals surface area contributed by atoms with Gasteiger partial charge in [0.25, 0.3) is 0 Å². The molecule has 6 heteroatoms. The summed E-state index contributed by atoms with van der Waals surface area (Å²) in [4.78, 5) is 19.4. The van der Waals surface area contributed by atoms with Crippen LogP contribution < -0.4 is 0 Å². The van der Waals surface area contributed by atoms with Crippen LogP contribution in [0, 0.1) is 0 Å². The number of rotatable bonds is 3. The molecule has 19 heavy (non-hydrogen) atoms. The van der Waals surface area contributed by atoms with Crippen molar-refractivity contribution in [3.63, 3.8) is 0 Å². The molecule has 5 nitrogen and oxygen atoms in total. The van der Waals surface area contributed by atoms with Crippen molar-refractivity contribution in [2.75, 3.05) is 0 Å². The van der Waals surface area contributed by atoms with Crippen LogP contribution in [0.4, 0.5) is 0 Å². The number of hydrogen-bond acceptors (Lipinski definition) is 3. The number of aromatic carboxylic acids is 1. The van der Waals surface area contributed by atoms with Gasteiger partial charge in [-0.15, -0.1) is 0 Å². The van der Waals surface area contributed by atoms with Crippen molar-refractivity contribution in [3.05, 3.63) is 34.9 Å². The maximum atomic E-state index is 11.3. The fourth-order valence-electron chi connectivity index (χ4n) is 2.44. The molecule has 2 heterocycles. The molecule has 0 unspecified atom stereocenters. The maximum absolute atomic E-state index is 11.3. The van der Waals surface area contributed by atoms with Crippen molar-refractivity contribution in [2.45, 2.75) is 25.8 Å². The first kappa shape index (κ1) is 12.2. The minimum atomic E-state index is -0.965. The van der Waals surface area contributed by atoms with Gasteiger partial charge in [-0.2, -0.15) is 4.98 Å². The molecule has 3 rings (SSSR count). The predicted molar refractivity (Wildman–Crippen MR) is 71.4 cm³/mol.